The van der Waals surface area contributed by atoms with Gasteiger partial charge < -0.3 is 29.7 Å². The van der Waals surface area contributed by atoms with Crippen LogP contribution in [0.2, 0.25) is 0 Å². The summed E-state index contributed by atoms with van der Waals surface area (Å²) in [6, 6.07) is 0. The number of alkyl carbamates (subject to hydrolysis) is 1. The van der Waals surface area contributed by atoms with E-state index < -0.39 is 42.0 Å². The summed E-state index contributed by atoms with van der Waals surface area (Å²) < 4.78 is 14.8. The van der Waals surface area contributed by atoms with Crippen molar-refractivity contribution in [1.82, 2.24) is 21.0 Å². The Labute approximate surface area is 183 Å². The molecule has 0 aromatic carbocycles. The van der Waals surface area contributed by atoms with E-state index in [0.717, 1.165) is 0 Å². The van der Waals surface area contributed by atoms with Crippen LogP contribution in [0.15, 0.2) is 0 Å². The first-order valence-electron chi connectivity index (χ1n) is 9.90. The Morgan fingerprint density at radius 1 is 0.806 bits per heavy atom. The molecule has 0 radical (unpaired) electrons. The lowest BCUT2D eigenvalue weighted by molar-refractivity contribution is -0.128. The second kappa shape index (κ2) is 13.5. The van der Waals surface area contributed by atoms with Crippen LogP contribution in [0.4, 0.5) is 14.4 Å². The molecule has 0 aromatic rings. The maximum atomic E-state index is 12.3. The Hall–Kier alpha value is -2.76. The number of hydrogen-bond donors (Lipinski definition) is 3. The van der Waals surface area contributed by atoms with Crippen LogP contribution >= 0.6 is 0 Å². The molecule has 0 heterocycles. The average Bonchev–Trinajstić information content (AvgIpc) is 2.60. The number of nitrogens with one attached hydrogen (secondary N) is 3. The van der Waals surface area contributed by atoms with Crippen molar-refractivity contribution in [3.05, 3.63) is 0 Å². The predicted octanol–water partition coefficient (Wildman–Crippen LogP) is 1.54. The maximum Gasteiger partial charge on any atom is 0.431 e. The molecule has 0 atom stereocenters. The molecular formula is C19H36N4O8. The van der Waals surface area contributed by atoms with Gasteiger partial charge in [-0.1, -0.05) is 0 Å². The highest BCUT2D eigenvalue weighted by atomic mass is 16.7. The number of methoxy groups -OCH3 is 1. The van der Waals surface area contributed by atoms with Gasteiger partial charge in [0.1, 0.15) is 11.2 Å². The fourth-order valence-corrected chi connectivity index (χ4v) is 1.99. The van der Waals surface area contributed by atoms with E-state index in [1.807, 2.05) is 5.48 Å². The van der Waals surface area contributed by atoms with Gasteiger partial charge in [-0.2, -0.15) is 5.48 Å². The summed E-state index contributed by atoms with van der Waals surface area (Å²) in [5.74, 6) is -0.452. The zero-order valence-corrected chi connectivity index (χ0v) is 19.5. The molecular weight excluding hydrogens is 412 g/mol. The molecule has 0 saturated heterocycles. The molecule has 4 amide bonds. The molecule has 0 saturated carbocycles. The highest BCUT2D eigenvalue weighted by molar-refractivity contribution is 5.77. The second-order valence-corrected chi connectivity index (χ2v) is 8.48. The van der Waals surface area contributed by atoms with Gasteiger partial charge in [0.2, 0.25) is 5.91 Å². The molecule has 0 unspecified atom stereocenters. The van der Waals surface area contributed by atoms with Crippen LogP contribution in [0.5, 0.6) is 0 Å². The van der Waals surface area contributed by atoms with E-state index in [-0.39, 0.29) is 26.2 Å². The van der Waals surface area contributed by atoms with Gasteiger partial charge >= 0.3 is 18.3 Å². The summed E-state index contributed by atoms with van der Waals surface area (Å²) in [6.07, 6.45) is -1.50. The van der Waals surface area contributed by atoms with Gasteiger partial charge in [-0.3, -0.25) is 9.63 Å². The molecule has 3 N–H and O–H groups in total. The number of carbonyl (C=O) groups excluding carboxylic acids is 4. The van der Waals surface area contributed by atoms with Crippen LogP contribution in [0, 0.1) is 0 Å². The van der Waals surface area contributed by atoms with Crippen LogP contribution in [-0.4, -0.2) is 80.2 Å². The van der Waals surface area contributed by atoms with Crippen molar-refractivity contribution in [2.24, 2.45) is 0 Å². The molecule has 0 aliphatic heterocycles. The number of carbonyl (C=O) groups is 4. The van der Waals surface area contributed by atoms with E-state index in [4.69, 9.17) is 14.3 Å². The SMILES string of the molecule is COC(=O)NCCN(CCCNC(=O)CONC(=O)OC(C)(C)C)C(=O)OC(C)(C)C. The highest BCUT2D eigenvalue weighted by Crippen LogP contribution is 2.10. The Kier molecular flexibility index (Phi) is 12.3. The molecule has 0 fully saturated rings. The minimum atomic E-state index is -0.797. The van der Waals surface area contributed by atoms with Crippen LogP contribution in [0.1, 0.15) is 48.0 Å². The Morgan fingerprint density at radius 2 is 1.42 bits per heavy atom. The molecule has 31 heavy (non-hydrogen) atoms. The molecule has 12 nitrogen and oxygen atoms in total. The number of hydrogen-bond acceptors (Lipinski definition) is 8. The first kappa shape index (κ1) is 28.2. The molecule has 0 spiro atoms. The fourth-order valence-electron chi connectivity index (χ4n) is 1.99. The van der Waals surface area contributed by atoms with E-state index in [1.54, 1.807) is 41.5 Å². The Balaban J connectivity index is 4.31. The number of nitrogens with zero attached hydrogens (tertiary/aromatic N) is 1. The summed E-state index contributed by atoms with van der Waals surface area (Å²) in [7, 11) is 1.25. The predicted molar refractivity (Wildman–Crippen MR) is 111 cm³/mol. The summed E-state index contributed by atoms with van der Waals surface area (Å²) >= 11 is 0. The third-order valence-corrected chi connectivity index (χ3v) is 3.17. The molecule has 180 valence electrons. The Morgan fingerprint density at radius 3 is 1.97 bits per heavy atom. The summed E-state index contributed by atoms with van der Waals surface area (Å²) in [6.45, 7) is 10.9. The number of amides is 4. The normalized spacial score (nSPS) is 11.2. The average molecular weight is 449 g/mol. The molecule has 0 aliphatic rings. The minimum Gasteiger partial charge on any atom is -0.453 e. The van der Waals surface area contributed by atoms with Gasteiger partial charge in [-0.15, -0.1) is 0 Å². The van der Waals surface area contributed by atoms with Crippen molar-refractivity contribution >= 4 is 24.2 Å². The summed E-state index contributed by atoms with van der Waals surface area (Å²) in [5.41, 5.74) is 0.669. The minimum absolute atomic E-state index is 0.183. The van der Waals surface area contributed by atoms with Crippen LogP contribution in [-0.2, 0) is 23.8 Å². The van der Waals surface area contributed by atoms with Crippen molar-refractivity contribution in [1.29, 1.82) is 0 Å². The summed E-state index contributed by atoms with van der Waals surface area (Å²) in [5, 5.41) is 5.10. The first-order valence-corrected chi connectivity index (χ1v) is 9.90. The van der Waals surface area contributed by atoms with Crippen molar-refractivity contribution in [2.75, 3.05) is 39.9 Å². The largest absolute Gasteiger partial charge is 0.453 e. The van der Waals surface area contributed by atoms with Gasteiger partial charge in [0, 0.05) is 26.2 Å². The van der Waals surface area contributed by atoms with E-state index in [1.165, 1.54) is 12.0 Å². The zero-order chi connectivity index (χ0) is 24.1. The number of rotatable bonds is 10. The smallest absolute Gasteiger partial charge is 0.431 e. The monoisotopic (exact) mass is 448 g/mol. The topological polar surface area (TPSA) is 145 Å². The van der Waals surface area contributed by atoms with Gasteiger partial charge in [0.15, 0.2) is 6.61 Å². The third-order valence-electron chi connectivity index (χ3n) is 3.17. The fraction of sp³-hybridized carbons (Fsp3) is 0.789. The van der Waals surface area contributed by atoms with Crippen LogP contribution < -0.4 is 16.1 Å². The lowest BCUT2D eigenvalue weighted by Gasteiger charge is -2.27. The summed E-state index contributed by atoms with van der Waals surface area (Å²) in [4.78, 5) is 52.9. The van der Waals surface area contributed by atoms with Gasteiger partial charge in [0.05, 0.1) is 7.11 Å². The second-order valence-electron chi connectivity index (χ2n) is 8.48. The molecule has 12 heteroatoms. The van der Waals surface area contributed by atoms with Gasteiger partial charge in [-0.05, 0) is 48.0 Å². The number of ether oxygens (including phenoxy) is 3. The highest BCUT2D eigenvalue weighted by Gasteiger charge is 2.22. The Bertz CT molecular complexity index is 599. The molecule has 0 bridgehead atoms. The van der Waals surface area contributed by atoms with E-state index in [0.29, 0.717) is 6.42 Å². The lowest BCUT2D eigenvalue weighted by atomic mass is 10.2. The van der Waals surface area contributed by atoms with Crippen LogP contribution in [0.3, 0.4) is 0 Å². The number of hydroxylamine groups is 1. The van der Waals surface area contributed by atoms with E-state index >= 15 is 0 Å². The van der Waals surface area contributed by atoms with Gasteiger partial charge in [0.25, 0.3) is 0 Å². The van der Waals surface area contributed by atoms with Crippen molar-refractivity contribution < 1.29 is 38.2 Å². The molecule has 0 aromatic heterocycles. The molecule has 0 rings (SSSR count). The van der Waals surface area contributed by atoms with Gasteiger partial charge in [-0.25, -0.2) is 14.4 Å². The van der Waals surface area contributed by atoms with Crippen LogP contribution in [0.25, 0.3) is 0 Å². The van der Waals surface area contributed by atoms with Crippen molar-refractivity contribution in [2.45, 2.75) is 59.2 Å². The van der Waals surface area contributed by atoms with E-state index in [2.05, 4.69) is 15.4 Å². The van der Waals surface area contributed by atoms with E-state index in [9.17, 15) is 19.2 Å². The first-order chi connectivity index (χ1) is 14.2. The maximum absolute atomic E-state index is 12.3. The standard InChI is InChI=1S/C19H36N4O8/c1-18(2,3)30-16(26)22-29-13-14(24)20-9-8-11-23(12-10-21-15(25)28-7)17(27)31-19(4,5)6/h8-13H2,1-7H3,(H,20,24)(H,21,25)(H,22,26). The molecule has 0 aliphatic carbocycles. The third kappa shape index (κ3) is 16.7. The lowest BCUT2D eigenvalue weighted by Crippen LogP contribution is -2.42. The van der Waals surface area contributed by atoms with Crippen molar-refractivity contribution in [3.8, 4) is 0 Å². The quantitative estimate of drug-likeness (QED) is 0.259. The zero-order valence-electron chi connectivity index (χ0n) is 19.5. The van der Waals surface area contributed by atoms with Crippen molar-refractivity contribution in [3.63, 3.8) is 0 Å².